The summed E-state index contributed by atoms with van der Waals surface area (Å²) in [4.78, 5) is 52.8. The average Bonchev–Trinajstić information content (AvgIpc) is 3.36. The summed E-state index contributed by atoms with van der Waals surface area (Å²) >= 11 is 0. The maximum absolute atomic E-state index is 13.8. The molecule has 0 aliphatic carbocycles. The number of nitrogens with zero attached hydrogens (tertiary/aromatic N) is 1. The Kier molecular flexibility index (Phi) is 5.41. The van der Waals surface area contributed by atoms with Crippen LogP contribution in [-0.2, 0) is 15.1 Å². The highest BCUT2D eigenvalue weighted by molar-refractivity contribution is 6.14. The topological polar surface area (TPSA) is 109 Å². The fourth-order valence-corrected chi connectivity index (χ4v) is 4.39. The molecule has 0 bridgehead atoms. The van der Waals surface area contributed by atoms with Crippen molar-refractivity contribution < 1.29 is 23.6 Å². The van der Waals surface area contributed by atoms with Crippen molar-refractivity contribution in [2.24, 2.45) is 0 Å². The van der Waals surface area contributed by atoms with E-state index in [2.05, 4.69) is 10.6 Å². The van der Waals surface area contributed by atoms with Crippen LogP contribution in [0.5, 0.6) is 0 Å². The van der Waals surface area contributed by atoms with Crippen LogP contribution in [-0.4, -0.2) is 35.1 Å². The number of imide groups is 1. The molecule has 8 heteroatoms. The van der Waals surface area contributed by atoms with E-state index in [1.807, 2.05) is 12.1 Å². The highest BCUT2D eigenvalue weighted by Gasteiger charge is 2.54. The maximum atomic E-state index is 13.8. The van der Waals surface area contributed by atoms with Crippen molar-refractivity contribution in [2.75, 3.05) is 11.9 Å². The lowest BCUT2D eigenvalue weighted by molar-refractivity contribution is -0.133. The van der Waals surface area contributed by atoms with Crippen molar-refractivity contribution in [3.63, 3.8) is 0 Å². The van der Waals surface area contributed by atoms with Crippen LogP contribution in [0.15, 0.2) is 89.3 Å². The number of fused-ring (bicyclic) bond motifs is 1. The first-order chi connectivity index (χ1) is 16.9. The van der Waals surface area contributed by atoms with Crippen LogP contribution < -0.4 is 10.6 Å². The Morgan fingerprint density at radius 2 is 1.46 bits per heavy atom. The van der Waals surface area contributed by atoms with Crippen LogP contribution in [0.25, 0.3) is 11.0 Å². The molecule has 0 atom stereocenters. The van der Waals surface area contributed by atoms with Crippen LogP contribution in [0.3, 0.4) is 0 Å². The molecule has 0 saturated carbocycles. The van der Waals surface area contributed by atoms with Crippen molar-refractivity contribution in [3.05, 3.63) is 102 Å². The number of amides is 4. The predicted molar refractivity (Wildman–Crippen MR) is 129 cm³/mol. The van der Waals surface area contributed by atoms with Gasteiger partial charge in [0.15, 0.2) is 17.1 Å². The van der Waals surface area contributed by atoms with Gasteiger partial charge in [0.1, 0.15) is 12.1 Å². The first kappa shape index (κ1) is 22.1. The molecule has 1 aromatic heterocycles. The molecule has 0 unspecified atom stereocenters. The summed E-state index contributed by atoms with van der Waals surface area (Å²) in [6.07, 6.45) is 0. The van der Waals surface area contributed by atoms with Crippen LogP contribution in [0.2, 0.25) is 0 Å². The van der Waals surface area contributed by atoms with Gasteiger partial charge in [0.2, 0.25) is 5.91 Å². The minimum Gasteiger partial charge on any atom is -0.451 e. The van der Waals surface area contributed by atoms with Gasteiger partial charge in [0.25, 0.3) is 5.91 Å². The van der Waals surface area contributed by atoms with Gasteiger partial charge in [0, 0.05) is 12.3 Å². The molecule has 5 rings (SSSR count). The molecule has 0 radical (unpaired) electrons. The van der Waals surface area contributed by atoms with Crippen molar-refractivity contribution in [3.8, 4) is 0 Å². The summed E-state index contributed by atoms with van der Waals surface area (Å²) in [5.41, 5.74) is 0.337. The number of Topliss-reactive ketones (excluding diaryl/α,β-unsaturated/α-hetero) is 1. The summed E-state index contributed by atoms with van der Waals surface area (Å²) in [5, 5.41) is 6.02. The third-order valence-corrected chi connectivity index (χ3v) is 6.00. The SMILES string of the molecule is CC(=O)c1oc2ccccc2c1NC(=O)CN1C(=O)NC(c2ccccc2)(c2ccccc2)C1=O. The summed E-state index contributed by atoms with van der Waals surface area (Å²) < 4.78 is 5.60. The molecular formula is C27H21N3O5. The lowest BCUT2D eigenvalue weighted by Gasteiger charge is -2.28. The van der Waals surface area contributed by atoms with Crippen LogP contribution >= 0.6 is 0 Å². The molecule has 1 aliphatic rings. The van der Waals surface area contributed by atoms with Crippen molar-refractivity contribution in [1.82, 2.24) is 10.2 Å². The molecular weight excluding hydrogens is 446 g/mol. The molecule has 35 heavy (non-hydrogen) atoms. The fraction of sp³-hybridized carbons (Fsp3) is 0.111. The quantitative estimate of drug-likeness (QED) is 0.328. The van der Waals surface area contributed by atoms with Crippen molar-refractivity contribution >= 4 is 40.3 Å². The lowest BCUT2D eigenvalue weighted by Crippen LogP contribution is -2.45. The largest absolute Gasteiger partial charge is 0.451 e. The summed E-state index contributed by atoms with van der Waals surface area (Å²) in [7, 11) is 0. The molecule has 2 N–H and O–H groups in total. The Balaban J connectivity index is 1.47. The number of rotatable bonds is 6. The van der Waals surface area contributed by atoms with Gasteiger partial charge in [-0.25, -0.2) is 4.79 Å². The fourth-order valence-electron chi connectivity index (χ4n) is 4.39. The van der Waals surface area contributed by atoms with E-state index in [4.69, 9.17) is 4.42 Å². The zero-order valence-corrected chi connectivity index (χ0v) is 18.8. The second kappa shape index (κ2) is 8.57. The van der Waals surface area contributed by atoms with E-state index >= 15 is 0 Å². The minimum atomic E-state index is -1.47. The lowest BCUT2D eigenvalue weighted by atomic mass is 9.82. The summed E-state index contributed by atoms with van der Waals surface area (Å²) in [6, 6.07) is 24.0. The molecule has 4 amide bonds. The molecule has 0 spiro atoms. The number of benzene rings is 3. The summed E-state index contributed by atoms with van der Waals surface area (Å²) in [5.74, 6) is -1.57. The number of urea groups is 1. The van der Waals surface area contributed by atoms with Crippen LogP contribution in [0, 0.1) is 0 Å². The Bertz CT molecular complexity index is 1420. The van der Waals surface area contributed by atoms with Crippen molar-refractivity contribution in [1.29, 1.82) is 0 Å². The number of furan rings is 1. The van der Waals surface area contributed by atoms with E-state index in [9.17, 15) is 19.2 Å². The third-order valence-electron chi connectivity index (χ3n) is 6.00. The van der Waals surface area contributed by atoms with E-state index in [1.54, 1.807) is 72.8 Å². The van der Waals surface area contributed by atoms with Crippen LogP contribution in [0.1, 0.15) is 28.6 Å². The molecule has 1 aliphatic heterocycles. The zero-order valence-electron chi connectivity index (χ0n) is 18.8. The standard InChI is InChI=1S/C27H21N3O5/c1-17(31)24-23(20-14-8-9-15-21(20)35-24)28-22(32)16-30-25(33)27(29-26(30)34,18-10-4-2-5-11-18)19-12-6-3-7-13-19/h2-15H,16H2,1H3,(H,28,32)(H,29,34). The van der Waals surface area contributed by atoms with Gasteiger partial charge in [0.05, 0.1) is 5.69 Å². The monoisotopic (exact) mass is 467 g/mol. The number of anilines is 1. The number of hydrogen-bond donors (Lipinski definition) is 2. The number of nitrogens with one attached hydrogen (secondary N) is 2. The van der Waals surface area contributed by atoms with E-state index in [1.165, 1.54) is 6.92 Å². The molecule has 4 aromatic rings. The Labute approximate surface area is 200 Å². The smallest absolute Gasteiger partial charge is 0.326 e. The van der Waals surface area contributed by atoms with Gasteiger partial charge < -0.3 is 15.1 Å². The zero-order chi connectivity index (χ0) is 24.6. The summed E-state index contributed by atoms with van der Waals surface area (Å²) in [6.45, 7) is 0.793. The van der Waals surface area contributed by atoms with E-state index in [-0.39, 0.29) is 17.2 Å². The van der Waals surface area contributed by atoms with Gasteiger partial charge in [-0.15, -0.1) is 0 Å². The third kappa shape index (κ3) is 3.65. The van der Waals surface area contributed by atoms with Gasteiger partial charge in [-0.1, -0.05) is 72.8 Å². The highest BCUT2D eigenvalue weighted by atomic mass is 16.3. The van der Waals surface area contributed by atoms with E-state index < -0.39 is 29.9 Å². The molecule has 3 aromatic carbocycles. The van der Waals surface area contributed by atoms with Gasteiger partial charge in [-0.05, 0) is 23.3 Å². The minimum absolute atomic E-state index is 0.000307. The number of para-hydroxylation sites is 1. The van der Waals surface area contributed by atoms with Crippen molar-refractivity contribution in [2.45, 2.75) is 12.5 Å². The van der Waals surface area contributed by atoms with Crippen LogP contribution in [0.4, 0.5) is 10.5 Å². The molecule has 1 fully saturated rings. The Hall–Kier alpha value is -4.72. The number of ketones is 1. The normalized spacial score (nSPS) is 14.7. The Morgan fingerprint density at radius 3 is 2.06 bits per heavy atom. The highest BCUT2D eigenvalue weighted by Crippen LogP contribution is 2.36. The van der Waals surface area contributed by atoms with E-state index in [0.717, 1.165) is 4.90 Å². The first-order valence-electron chi connectivity index (χ1n) is 11.0. The van der Waals surface area contributed by atoms with Gasteiger partial charge in [-0.2, -0.15) is 0 Å². The van der Waals surface area contributed by atoms with Gasteiger partial charge in [-0.3, -0.25) is 19.3 Å². The second-order valence-corrected chi connectivity index (χ2v) is 8.21. The first-order valence-corrected chi connectivity index (χ1v) is 11.0. The van der Waals surface area contributed by atoms with E-state index in [0.29, 0.717) is 22.1 Å². The number of hydrogen-bond acceptors (Lipinski definition) is 5. The average molecular weight is 467 g/mol. The number of carbonyl (C=O) groups is 4. The molecule has 1 saturated heterocycles. The Morgan fingerprint density at radius 1 is 0.886 bits per heavy atom. The predicted octanol–water partition coefficient (Wildman–Crippen LogP) is 4.07. The number of carbonyl (C=O) groups excluding carboxylic acids is 4. The molecule has 8 nitrogen and oxygen atoms in total. The maximum Gasteiger partial charge on any atom is 0.326 e. The molecule has 2 heterocycles. The second-order valence-electron chi connectivity index (χ2n) is 8.21. The van der Waals surface area contributed by atoms with Gasteiger partial charge >= 0.3 is 6.03 Å². The molecule has 174 valence electrons.